The molecule has 7 nitrogen and oxygen atoms in total. The van der Waals surface area contributed by atoms with Gasteiger partial charge in [0, 0.05) is 43.3 Å². The Morgan fingerprint density at radius 1 is 1.13 bits per heavy atom. The highest BCUT2D eigenvalue weighted by Crippen LogP contribution is 2.44. The number of nitrogens with one attached hydrogen (secondary N) is 2. The molecule has 172 valence electrons. The van der Waals surface area contributed by atoms with Crippen LogP contribution in [0, 0.1) is 22.0 Å². The molecule has 2 aliphatic carbocycles. The summed E-state index contributed by atoms with van der Waals surface area (Å²) >= 11 is 0. The van der Waals surface area contributed by atoms with Crippen molar-refractivity contribution in [1.29, 1.82) is 0 Å². The number of likely N-dealkylation sites (tertiary alicyclic amines) is 1. The zero-order valence-corrected chi connectivity index (χ0v) is 21.0. The summed E-state index contributed by atoms with van der Waals surface area (Å²) in [6, 6.07) is 8.31. The molecule has 8 heteroatoms. The predicted octanol–water partition coefficient (Wildman–Crippen LogP) is 4.31. The smallest absolute Gasteiger partial charge is 0.269 e. The number of benzene rings is 1. The Morgan fingerprint density at radius 2 is 1.84 bits per heavy atom. The van der Waals surface area contributed by atoms with E-state index in [0.717, 1.165) is 49.3 Å². The number of hydrogen-bond acceptors (Lipinski definition) is 4. The van der Waals surface area contributed by atoms with Crippen LogP contribution in [0.5, 0.6) is 0 Å². The van der Waals surface area contributed by atoms with Crippen LogP contribution in [0.15, 0.2) is 29.3 Å². The van der Waals surface area contributed by atoms with E-state index in [0.29, 0.717) is 24.7 Å². The van der Waals surface area contributed by atoms with Gasteiger partial charge >= 0.3 is 0 Å². The van der Waals surface area contributed by atoms with Gasteiger partial charge in [0.25, 0.3) is 5.69 Å². The lowest BCUT2D eigenvalue weighted by Gasteiger charge is -2.36. The van der Waals surface area contributed by atoms with Gasteiger partial charge in [-0.3, -0.25) is 10.1 Å². The molecule has 1 aromatic carbocycles. The summed E-state index contributed by atoms with van der Waals surface area (Å²) in [5.74, 6) is 2.58. The zero-order chi connectivity index (χ0) is 21.1. The lowest BCUT2D eigenvalue weighted by molar-refractivity contribution is -0.384. The lowest BCUT2D eigenvalue weighted by atomic mass is 9.95. The van der Waals surface area contributed by atoms with Gasteiger partial charge < -0.3 is 15.5 Å². The molecule has 2 saturated carbocycles. The molecule has 0 aromatic heterocycles. The van der Waals surface area contributed by atoms with Crippen LogP contribution in [0.1, 0.15) is 57.9 Å². The molecule has 1 aliphatic heterocycles. The maximum atomic E-state index is 10.9. The largest absolute Gasteiger partial charge is 0.354 e. The number of piperidine rings is 1. The van der Waals surface area contributed by atoms with E-state index in [2.05, 4.69) is 29.4 Å². The average molecular weight is 541 g/mol. The minimum atomic E-state index is -0.361. The van der Waals surface area contributed by atoms with Gasteiger partial charge in [-0.15, -0.1) is 24.0 Å². The lowest BCUT2D eigenvalue weighted by Crippen LogP contribution is -2.52. The van der Waals surface area contributed by atoms with Crippen LogP contribution in [0.4, 0.5) is 5.69 Å². The Labute approximate surface area is 202 Å². The van der Waals surface area contributed by atoms with Gasteiger partial charge in [-0.05, 0) is 63.4 Å². The van der Waals surface area contributed by atoms with E-state index in [1.165, 1.54) is 25.7 Å². The standard InChI is InChI=1S/C23H35N5O2.HI/c1-16(2)27-11-9-20(10-12-27)25-23(26-22-14-18-3-6-19(22)13-18)24-15-17-4-7-21(8-5-17)28(29)30;/h4-5,7-8,16,18-20,22H,3,6,9-15H2,1-2H3,(H2,24,25,26);1H. The summed E-state index contributed by atoms with van der Waals surface area (Å²) in [5, 5.41) is 18.3. The molecule has 1 saturated heterocycles. The minimum absolute atomic E-state index is 0. The highest BCUT2D eigenvalue weighted by atomic mass is 127. The van der Waals surface area contributed by atoms with E-state index < -0.39 is 0 Å². The van der Waals surface area contributed by atoms with Crippen molar-refractivity contribution < 1.29 is 4.92 Å². The summed E-state index contributed by atoms with van der Waals surface area (Å²) < 4.78 is 0. The van der Waals surface area contributed by atoms with Gasteiger partial charge in [0.05, 0.1) is 11.5 Å². The fourth-order valence-electron chi connectivity index (χ4n) is 5.38. The zero-order valence-electron chi connectivity index (χ0n) is 18.6. The Morgan fingerprint density at radius 3 is 2.39 bits per heavy atom. The van der Waals surface area contributed by atoms with Crippen LogP contribution in [0.3, 0.4) is 0 Å². The van der Waals surface area contributed by atoms with Gasteiger partial charge in [0.1, 0.15) is 0 Å². The molecule has 2 N–H and O–H groups in total. The summed E-state index contributed by atoms with van der Waals surface area (Å²) in [6.45, 7) is 7.31. The first kappa shape index (κ1) is 24.2. The maximum Gasteiger partial charge on any atom is 0.269 e. The van der Waals surface area contributed by atoms with Crippen LogP contribution < -0.4 is 10.6 Å². The van der Waals surface area contributed by atoms with Crippen molar-refractivity contribution in [1.82, 2.24) is 15.5 Å². The van der Waals surface area contributed by atoms with E-state index in [-0.39, 0.29) is 34.6 Å². The van der Waals surface area contributed by atoms with Gasteiger partial charge in [0.15, 0.2) is 5.96 Å². The Balaban J connectivity index is 0.00000272. The highest BCUT2D eigenvalue weighted by molar-refractivity contribution is 14.0. The molecule has 0 spiro atoms. The molecule has 4 rings (SSSR count). The molecule has 2 bridgehead atoms. The SMILES string of the molecule is CC(C)N1CCC(NC(=NCc2ccc([N+](=O)[O-])cc2)NC2CC3CCC2C3)CC1.I. The van der Waals surface area contributed by atoms with E-state index in [4.69, 9.17) is 4.99 Å². The second kappa shape index (κ2) is 10.9. The van der Waals surface area contributed by atoms with Gasteiger partial charge in [0.2, 0.25) is 0 Å². The van der Waals surface area contributed by atoms with Crippen molar-refractivity contribution in [3.63, 3.8) is 0 Å². The number of halogens is 1. The number of nitrogens with zero attached hydrogens (tertiary/aromatic N) is 3. The normalized spacial score (nSPS) is 26.7. The number of nitro benzene ring substituents is 1. The average Bonchev–Trinajstić information content (AvgIpc) is 3.36. The third-order valence-electron chi connectivity index (χ3n) is 7.23. The van der Waals surface area contributed by atoms with E-state index in [9.17, 15) is 10.1 Å². The number of hydrogen-bond donors (Lipinski definition) is 2. The Hall–Kier alpha value is -1.42. The number of guanidine groups is 1. The first-order chi connectivity index (χ1) is 14.5. The molecule has 31 heavy (non-hydrogen) atoms. The maximum absolute atomic E-state index is 10.9. The highest BCUT2D eigenvalue weighted by Gasteiger charge is 2.40. The van der Waals surface area contributed by atoms with E-state index >= 15 is 0 Å². The second-order valence-electron chi connectivity index (χ2n) is 9.56. The summed E-state index contributed by atoms with van der Waals surface area (Å²) in [4.78, 5) is 17.9. The van der Waals surface area contributed by atoms with Crippen LogP contribution in [0.25, 0.3) is 0 Å². The molecule has 0 radical (unpaired) electrons. The molecular formula is C23H36IN5O2. The number of fused-ring (bicyclic) bond motifs is 2. The third-order valence-corrected chi connectivity index (χ3v) is 7.23. The molecule has 3 fully saturated rings. The van der Waals surface area contributed by atoms with Crippen molar-refractivity contribution >= 4 is 35.6 Å². The first-order valence-corrected chi connectivity index (χ1v) is 11.5. The number of aliphatic imine (C=N–C) groups is 1. The molecule has 1 heterocycles. The first-order valence-electron chi connectivity index (χ1n) is 11.5. The minimum Gasteiger partial charge on any atom is -0.354 e. The quantitative estimate of drug-likeness (QED) is 0.185. The number of rotatable bonds is 6. The molecule has 3 atom stereocenters. The van der Waals surface area contributed by atoms with Gasteiger partial charge in [-0.2, -0.15) is 0 Å². The van der Waals surface area contributed by atoms with Crippen LogP contribution in [-0.2, 0) is 6.54 Å². The fourth-order valence-corrected chi connectivity index (χ4v) is 5.38. The van der Waals surface area contributed by atoms with Crippen molar-refractivity contribution in [3.8, 4) is 0 Å². The number of non-ortho nitro benzene ring substituents is 1. The molecule has 0 amide bonds. The third kappa shape index (κ3) is 6.31. The fraction of sp³-hybridized carbons (Fsp3) is 0.696. The molecule has 3 unspecified atom stereocenters. The number of nitro groups is 1. The van der Waals surface area contributed by atoms with Crippen molar-refractivity contribution in [2.45, 2.75) is 77.0 Å². The van der Waals surface area contributed by atoms with E-state index in [1.54, 1.807) is 24.3 Å². The monoisotopic (exact) mass is 541 g/mol. The molecular weight excluding hydrogens is 505 g/mol. The van der Waals surface area contributed by atoms with E-state index in [1.807, 2.05) is 0 Å². The topological polar surface area (TPSA) is 82.8 Å². The Kier molecular flexibility index (Phi) is 8.55. The second-order valence-corrected chi connectivity index (χ2v) is 9.56. The van der Waals surface area contributed by atoms with Crippen molar-refractivity contribution in [2.24, 2.45) is 16.8 Å². The van der Waals surface area contributed by atoms with Crippen molar-refractivity contribution in [2.75, 3.05) is 13.1 Å². The molecule has 1 aromatic rings. The van der Waals surface area contributed by atoms with Crippen LogP contribution >= 0.6 is 24.0 Å². The van der Waals surface area contributed by atoms with Gasteiger partial charge in [-0.1, -0.05) is 18.6 Å². The summed E-state index contributed by atoms with van der Waals surface area (Å²) in [6.07, 6.45) is 7.61. The summed E-state index contributed by atoms with van der Waals surface area (Å²) in [5.41, 5.74) is 1.11. The van der Waals surface area contributed by atoms with Crippen LogP contribution in [0.2, 0.25) is 0 Å². The van der Waals surface area contributed by atoms with Crippen molar-refractivity contribution in [3.05, 3.63) is 39.9 Å². The Bertz CT molecular complexity index is 762. The van der Waals surface area contributed by atoms with Gasteiger partial charge in [-0.25, -0.2) is 4.99 Å². The molecule has 3 aliphatic rings. The summed E-state index contributed by atoms with van der Waals surface area (Å²) in [7, 11) is 0. The van der Waals surface area contributed by atoms with Crippen LogP contribution in [-0.4, -0.2) is 47.0 Å². The predicted molar refractivity (Wildman–Crippen MR) is 135 cm³/mol.